The van der Waals surface area contributed by atoms with Gasteiger partial charge < -0.3 is 24.4 Å². The Labute approximate surface area is 244 Å². The molecule has 0 unspecified atom stereocenters. The normalized spacial score (nSPS) is 15.9. The van der Waals surface area contributed by atoms with Crippen molar-refractivity contribution in [3.05, 3.63) is 114 Å². The van der Waals surface area contributed by atoms with Crippen LogP contribution in [0.3, 0.4) is 0 Å². The molecule has 0 amide bonds. The number of halogens is 1. The zero-order valence-corrected chi connectivity index (χ0v) is 23.4. The van der Waals surface area contributed by atoms with Crippen LogP contribution < -0.4 is 0 Å². The number of hydrogen-bond donors (Lipinski definition) is 2. The number of carbonyl (C=O) groups is 2. The Bertz CT molecular complexity index is 1550. The molecule has 2 N–H and O–H groups in total. The van der Waals surface area contributed by atoms with Crippen LogP contribution in [0.2, 0.25) is 0 Å². The van der Waals surface area contributed by atoms with Gasteiger partial charge >= 0.3 is 11.9 Å². The highest BCUT2D eigenvalue weighted by Crippen LogP contribution is 2.44. The summed E-state index contributed by atoms with van der Waals surface area (Å²) in [4.78, 5) is 21.7. The summed E-state index contributed by atoms with van der Waals surface area (Å²) >= 11 is 0. The summed E-state index contributed by atoms with van der Waals surface area (Å²) < 4.78 is 21.9. The molecule has 0 radical (unpaired) electrons. The Balaban J connectivity index is 0.000000390. The van der Waals surface area contributed by atoms with Crippen molar-refractivity contribution in [2.75, 3.05) is 19.6 Å². The van der Waals surface area contributed by atoms with E-state index in [9.17, 15) is 14.0 Å². The number of piperidine rings is 1. The maximum absolute atomic E-state index is 13.4. The average molecular weight is 571 g/mol. The van der Waals surface area contributed by atoms with Gasteiger partial charge in [-0.3, -0.25) is 0 Å². The first-order valence-corrected chi connectivity index (χ1v) is 14.3. The number of fused-ring (bicyclic) bond motifs is 3. The second-order valence-corrected chi connectivity index (χ2v) is 10.8. The molecular weight excluding hydrogens is 535 g/mol. The molecule has 7 nitrogen and oxygen atoms in total. The van der Waals surface area contributed by atoms with E-state index < -0.39 is 11.9 Å². The summed E-state index contributed by atoms with van der Waals surface area (Å²) in [6.45, 7) is 4.13. The van der Waals surface area contributed by atoms with Crippen molar-refractivity contribution in [1.82, 2.24) is 9.47 Å². The number of hydrogen-bond acceptors (Lipinski definition) is 4. The summed E-state index contributed by atoms with van der Waals surface area (Å²) in [7, 11) is 0. The van der Waals surface area contributed by atoms with E-state index in [4.69, 9.17) is 14.9 Å². The Morgan fingerprint density at radius 1 is 0.881 bits per heavy atom. The summed E-state index contributed by atoms with van der Waals surface area (Å²) in [5.41, 5.74) is 6.30. The van der Waals surface area contributed by atoms with Crippen LogP contribution in [0.25, 0.3) is 16.6 Å². The molecule has 2 aliphatic rings. The third-order valence-corrected chi connectivity index (χ3v) is 8.11. The van der Waals surface area contributed by atoms with Crippen LogP contribution >= 0.6 is 0 Å². The highest BCUT2D eigenvalue weighted by molar-refractivity contribution is 5.89. The lowest BCUT2D eigenvalue weighted by atomic mass is 9.84. The van der Waals surface area contributed by atoms with Crippen LogP contribution in [0.15, 0.2) is 91.1 Å². The van der Waals surface area contributed by atoms with Crippen molar-refractivity contribution >= 4 is 22.8 Å². The molecule has 6 rings (SSSR count). The van der Waals surface area contributed by atoms with Crippen LogP contribution in [0.5, 0.6) is 0 Å². The average Bonchev–Trinajstić information content (AvgIpc) is 3.55. The Hall–Kier alpha value is -4.27. The van der Waals surface area contributed by atoms with Gasteiger partial charge in [-0.05, 0) is 85.7 Å². The molecule has 1 spiro atoms. The maximum atomic E-state index is 13.4. The fourth-order valence-corrected chi connectivity index (χ4v) is 5.99. The van der Waals surface area contributed by atoms with Gasteiger partial charge in [0.15, 0.2) is 0 Å². The molecule has 0 bridgehead atoms. The number of unbranched alkanes of at least 4 members (excludes halogenated alkanes) is 1. The van der Waals surface area contributed by atoms with Gasteiger partial charge in [0, 0.05) is 42.5 Å². The molecule has 1 fully saturated rings. The summed E-state index contributed by atoms with van der Waals surface area (Å²) in [6.07, 6.45) is 8.95. The van der Waals surface area contributed by atoms with Crippen molar-refractivity contribution in [3.63, 3.8) is 0 Å². The minimum absolute atomic E-state index is 0.0464. The van der Waals surface area contributed by atoms with Gasteiger partial charge in [-0.1, -0.05) is 42.5 Å². The number of para-hydroxylation sites is 1. The van der Waals surface area contributed by atoms with Crippen molar-refractivity contribution in [2.45, 2.75) is 44.3 Å². The van der Waals surface area contributed by atoms with Crippen molar-refractivity contribution < 1.29 is 28.9 Å². The number of carboxylic acid groups (broad SMARTS) is 2. The van der Waals surface area contributed by atoms with Crippen LogP contribution in [-0.2, 0) is 33.0 Å². The highest BCUT2D eigenvalue weighted by atomic mass is 19.1. The van der Waals surface area contributed by atoms with Gasteiger partial charge in [0.1, 0.15) is 5.82 Å². The first-order valence-electron chi connectivity index (χ1n) is 14.3. The Morgan fingerprint density at radius 2 is 1.55 bits per heavy atom. The molecule has 3 aromatic carbocycles. The van der Waals surface area contributed by atoms with Gasteiger partial charge in [-0.25, -0.2) is 14.0 Å². The number of rotatable bonds is 8. The first-order chi connectivity index (χ1) is 20.3. The van der Waals surface area contributed by atoms with Crippen LogP contribution in [0.1, 0.15) is 42.4 Å². The number of nitrogens with zero attached hydrogens (tertiary/aromatic N) is 2. The minimum Gasteiger partial charge on any atom is -0.478 e. The molecule has 0 aliphatic carbocycles. The van der Waals surface area contributed by atoms with Gasteiger partial charge in [0.05, 0.1) is 17.7 Å². The number of aliphatic carboxylic acids is 2. The first kappa shape index (κ1) is 29.2. The van der Waals surface area contributed by atoms with Crippen molar-refractivity contribution in [2.24, 2.45) is 0 Å². The SMILES string of the molecule is Fc1ccc(-n2cc(CCCCN3CCC4(CC3)OCc3ccccc34)c3ccccc32)cc1.O=C(O)/C=C/C(=O)O. The minimum atomic E-state index is -1.26. The fraction of sp³-hybridized carbons (Fsp3) is 0.294. The molecule has 1 saturated heterocycles. The quantitative estimate of drug-likeness (QED) is 0.190. The summed E-state index contributed by atoms with van der Waals surface area (Å²) in [5, 5.41) is 16.9. The van der Waals surface area contributed by atoms with Crippen molar-refractivity contribution in [3.8, 4) is 5.69 Å². The lowest BCUT2D eigenvalue weighted by Crippen LogP contribution is -2.42. The fourth-order valence-electron chi connectivity index (χ4n) is 5.99. The Morgan fingerprint density at radius 3 is 2.26 bits per heavy atom. The number of ether oxygens (including phenoxy) is 1. The number of benzene rings is 3. The summed E-state index contributed by atoms with van der Waals surface area (Å²) in [5.74, 6) is -2.72. The molecule has 42 heavy (non-hydrogen) atoms. The van der Waals surface area contributed by atoms with Crippen LogP contribution in [0, 0.1) is 5.82 Å². The second-order valence-electron chi connectivity index (χ2n) is 10.8. The molecule has 3 heterocycles. The van der Waals surface area contributed by atoms with E-state index in [0.29, 0.717) is 12.2 Å². The predicted molar refractivity (Wildman–Crippen MR) is 159 cm³/mol. The van der Waals surface area contributed by atoms with E-state index in [1.807, 2.05) is 12.1 Å². The van der Waals surface area contributed by atoms with Crippen molar-refractivity contribution in [1.29, 1.82) is 0 Å². The van der Waals surface area contributed by atoms with E-state index in [1.165, 1.54) is 52.6 Å². The maximum Gasteiger partial charge on any atom is 0.328 e. The summed E-state index contributed by atoms with van der Waals surface area (Å²) in [6, 6.07) is 24.0. The molecule has 0 saturated carbocycles. The molecule has 8 heteroatoms. The zero-order chi connectivity index (χ0) is 29.5. The van der Waals surface area contributed by atoms with Gasteiger partial charge in [-0.15, -0.1) is 0 Å². The van der Waals surface area contributed by atoms with Crippen LogP contribution in [-0.4, -0.2) is 51.3 Å². The zero-order valence-electron chi connectivity index (χ0n) is 23.4. The molecular formula is C34H35FN2O5. The molecule has 4 aromatic rings. The van der Waals surface area contributed by atoms with Gasteiger partial charge in [0.2, 0.25) is 0 Å². The topological polar surface area (TPSA) is 92.0 Å². The Kier molecular flexibility index (Phi) is 9.15. The number of likely N-dealkylation sites (tertiary alicyclic amines) is 1. The standard InChI is InChI=1S/C30H31FN2O.C4H4O4/c31-25-12-14-26(15-13-25)33-21-23(27-9-2-4-11-29(27)33)7-5-6-18-32-19-16-30(17-20-32)28-10-3-1-8-24(28)22-34-30;5-3(6)1-2-4(7)8/h1-4,8-15,21H,5-7,16-20,22H2;1-2H,(H,5,6)(H,7,8)/b;2-1+. The van der Waals surface area contributed by atoms with E-state index in [-0.39, 0.29) is 11.4 Å². The number of carboxylic acids is 2. The predicted octanol–water partition coefficient (Wildman–Crippen LogP) is 6.33. The van der Waals surface area contributed by atoms with Gasteiger partial charge in [0.25, 0.3) is 0 Å². The third-order valence-electron chi connectivity index (χ3n) is 8.11. The monoisotopic (exact) mass is 570 g/mol. The van der Waals surface area contributed by atoms with E-state index >= 15 is 0 Å². The molecule has 2 aliphatic heterocycles. The second kappa shape index (κ2) is 13.1. The lowest BCUT2D eigenvalue weighted by molar-refractivity contribution is -0.134. The highest BCUT2D eigenvalue weighted by Gasteiger charge is 2.42. The molecule has 218 valence electrons. The third kappa shape index (κ3) is 6.78. The smallest absolute Gasteiger partial charge is 0.328 e. The number of aromatic nitrogens is 1. The largest absolute Gasteiger partial charge is 0.478 e. The molecule has 0 atom stereocenters. The molecule has 1 aromatic heterocycles. The van der Waals surface area contributed by atoms with Crippen LogP contribution in [0.4, 0.5) is 4.39 Å². The number of aryl methyl sites for hydroxylation is 1. The lowest BCUT2D eigenvalue weighted by Gasteiger charge is -2.39. The van der Waals surface area contributed by atoms with E-state index in [0.717, 1.165) is 51.2 Å². The van der Waals surface area contributed by atoms with E-state index in [2.05, 4.69) is 64.2 Å². The van der Waals surface area contributed by atoms with Gasteiger partial charge in [-0.2, -0.15) is 0 Å². The van der Waals surface area contributed by atoms with E-state index in [1.54, 1.807) is 0 Å².